The maximum atomic E-state index is 11.2. The van der Waals surface area contributed by atoms with Gasteiger partial charge in [-0.2, -0.15) is 0 Å². The Morgan fingerprint density at radius 1 is 1.47 bits per heavy atom. The lowest BCUT2D eigenvalue weighted by Crippen LogP contribution is -2.50. The maximum absolute atomic E-state index is 11.2. The Morgan fingerprint density at radius 2 is 2.11 bits per heavy atom. The highest BCUT2D eigenvalue weighted by Gasteiger charge is 2.44. The average molecular weight is 305 g/mol. The second-order valence-corrected chi connectivity index (χ2v) is 7.22. The molecule has 0 aromatic heterocycles. The number of hydrogen-bond acceptors (Lipinski definition) is 4. The number of ether oxygens (including phenoxy) is 1. The van der Waals surface area contributed by atoms with E-state index in [0.29, 0.717) is 16.3 Å². The Bertz CT molecular complexity index is 600. The average Bonchev–Trinajstić information content (AvgIpc) is 2.24. The summed E-state index contributed by atoms with van der Waals surface area (Å²) in [7, 11) is -3.97. The van der Waals surface area contributed by atoms with Gasteiger partial charge in [0.2, 0.25) is 10.0 Å². The van der Waals surface area contributed by atoms with Crippen LogP contribution >= 0.6 is 11.6 Å². The zero-order valence-corrected chi connectivity index (χ0v) is 12.1. The normalized spacial score (nSPS) is 25.5. The molecule has 5 nitrogen and oxygen atoms in total. The molecule has 0 saturated carbocycles. The summed E-state index contributed by atoms with van der Waals surface area (Å²) in [6, 6.07) is 4.86. The van der Waals surface area contributed by atoms with Gasteiger partial charge in [0, 0.05) is 16.5 Å². The largest absolute Gasteiger partial charge is 0.485 e. The third-order valence-electron chi connectivity index (χ3n) is 3.24. The molecule has 1 heterocycles. The summed E-state index contributed by atoms with van der Waals surface area (Å²) in [5, 5.41) is 17.8. The van der Waals surface area contributed by atoms with Gasteiger partial charge in [-0.15, -0.1) is 5.14 Å². The van der Waals surface area contributed by atoms with E-state index in [-0.39, 0.29) is 0 Å². The van der Waals surface area contributed by atoms with Gasteiger partial charge in [0.05, 0.1) is 5.75 Å². The molecule has 1 radical (unpaired) electrons. The van der Waals surface area contributed by atoms with Crippen LogP contribution in [-0.4, -0.2) is 31.0 Å². The van der Waals surface area contributed by atoms with Crippen molar-refractivity contribution in [2.24, 2.45) is 0 Å². The molecule has 105 valence electrons. The molecule has 0 spiro atoms. The Balaban J connectivity index is 2.53. The van der Waals surface area contributed by atoms with Crippen LogP contribution in [0.5, 0.6) is 5.75 Å². The fourth-order valence-corrected chi connectivity index (χ4v) is 3.33. The summed E-state index contributed by atoms with van der Waals surface area (Å²) in [5.74, 6) is -0.692. The number of halogens is 1. The predicted octanol–water partition coefficient (Wildman–Crippen LogP) is 1.57. The minimum Gasteiger partial charge on any atom is -0.485 e. The van der Waals surface area contributed by atoms with Crippen LogP contribution in [0.2, 0.25) is 5.02 Å². The number of sulfonamides is 1. The molecule has 2 N–H and O–H groups in total. The Hall–Kier alpha value is -0.820. The first-order valence-corrected chi connectivity index (χ1v) is 7.77. The summed E-state index contributed by atoms with van der Waals surface area (Å²) >= 11 is 5.90. The number of aliphatic hydroxyl groups is 1. The number of aliphatic hydroxyl groups excluding tert-OH is 1. The van der Waals surface area contributed by atoms with E-state index < -0.39 is 33.4 Å². The van der Waals surface area contributed by atoms with Crippen molar-refractivity contribution in [2.75, 3.05) is 5.75 Å². The molecule has 19 heavy (non-hydrogen) atoms. The van der Waals surface area contributed by atoms with E-state index in [1.54, 1.807) is 32.0 Å². The SMILES string of the molecule is CC1(C)Oc2ccc(Cl)cc2C(CS([NH])(=O)=O)C1O. The standard InChI is InChI=1S/C12H15ClNO4S/c1-12(2)11(15)9(6-19(14,16)17)8-5-7(13)3-4-10(8)18-12/h3-5,9,11,14-15H,6H2,1-2H3. The molecule has 0 saturated heterocycles. The van der Waals surface area contributed by atoms with Crippen LogP contribution in [0.25, 0.3) is 0 Å². The maximum Gasteiger partial charge on any atom is 0.225 e. The Morgan fingerprint density at radius 3 is 2.68 bits per heavy atom. The molecule has 2 rings (SSSR count). The molecule has 7 heteroatoms. The van der Waals surface area contributed by atoms with E-state index in [1.807, 2.05) is 0 Å². The third-order valence-corrected chi connectivity index (χ3v) is 4.27. The molecule has 2 unspecified atom stereocenters. The Kier molecular flexibility index (Phi) is 3.55. The van der Waals surface area contributed by atoms with Crippen molar-refractivity contribution < 1.29 is 18.3 Å². The first kappa shape index (κ1) is 14.6. The first-order valence-electron chi connectivity index (χ1n) is 5.74. The van der Waals surface area contributed by atoms with Crippen molar-refractivity contribution >= 4 is 21.6 Å². The van der Waals surface area contributed by atoms with Crippen LogP contribution < -0.4 is 9.88 Å². The smallest absolute Gasteiger partial charge is 0.225 e. The zero-order valence-electron chi connectivity index (χ0n) is 10.6. The molecular formula is C12H15ClNO4S. The number of nitrogens with one attached hydrogen (secondary N) is 1. The number of fused-ring (bicyclic) bond motifs is 1. The lowest BCUT2D eigenvalue weighted by molar-refractivity contribution is -0.0543. The summed E-state index contributed by atoms with van der Waals surface area (Å²) in [5.41, 5.74) is -0.397. The van der Waals surface area contributed by atoms with Crippen LogP contribution in [0.1, 0.15) is 25.3 Å². The molecule has 0 fully saturated rings. The van der Waals surface area contributed by atoms with Crippen molar-refractivity contribution in [3.8, 4) is 5.75 Å². The summed E-state index contributed by atoms with van der Waals surface area (Å²) in [4.78, 5) is 0. The highest BCUT2D eigenvalue weighted by molar-refractivity contribution is 7.88. The molecule has 1 aromatic carbocycles. The molecule has 2 atom stereocenters. The van der Waals surface area contributed by atoms with Gasteiger partial charge in [-0.3, -0.25) is 0 Å². The minimum atomic E-state index is -3.97. The van der Waals surface area contributed by atoms with E-state index in [0.717, 1.165) is 0 Å². The van der Waals surface area contributed by atoms with Crippen LogP contribution in [-0.2, 0) is 10.0 Å². The molecule has 1 aliphatic heterocycles. The van der Waals surface area contributed by atoms with Gasteiger partial charge in [0.1, 0.15) is 17.5 Å². The van der Waals surface area contributed by atoms with Gasteiger partial charge in [-0.1, -0.05) is 11.6 Å². The number of hydrogen-bond donors (Lipinski definition) is 1. The Labute approximate surface area is 117 Å². The quantitative estimate of drug-likeness (QED) is 0.898. The van der Waals surface area contributed by atoms with Gasteiger partial charge in [-0.05, 0) is 32.0 Å². The molecule has 0 bridgehead atoms. The highest BCUT2D eigenvalue weighted by Crippen LogP contribution is 2.42. The van der Waals surface area contributed by atoms with Crippen LogP contribution in [0.4, 0.5) is 0 Å². The van der Waals surface area contributed by atoms with Gasteiger partial charge in [0.15, 0.2) is 0 Å². The second-order valence-electron chi connectivity index (χ2n) is 5.22. The van der Waals surface area contributed by atoms with E-state index in [2.05, 4.69) is 0 Å². The summed E-state index contributed by atoms with van der Waals surface area (Å²) in [6.07, 6.45) is -1.03. The molecule has 1 aromatic rings. The van der Waals surface area contributed by atoms with Crippen molar-refractivity contribution in [1.82, 2.24) is 5.14 Å². The lowest BCUT2D eigenvalue weighted by Gasteiger charge is -2.41. The van der Waals surface area contributed by atoms with Crippen molar-refractivity contribution in [3.05, 3.63) is 28.8 Å². The van der Waals surface area contributed by atoms with Gasteiger partial charge in [-0.25, -0.2) is 8.42 Å². The zero-order chi connectivity index (χ0) is 14.4. The fraction of sp³-hybridized carbons (Fsp3) is 0.500. The minimum absolute atomic E-state index is 0.432. The third kappa shape index (κ3) is 3.02. The van der Waals surface area contributed by atoms with Crippen molar-refractivity contribution in [2.45, 2.75) is 31.5 Å². The van der Waals surface area contributed by atoms with Crippen LogP contribution in [0.3, 0.4) is 0 Å². The second kappa shape index (κ2) is 4.63. The first-order chi connectivity index (χ1) is 8.60. The molecule has 0 amide bonds. The predicted molar refractivity (Wildman–Crippen MR) is 71.8 cm³/mol. The fourth-order valence-electron chi connectivity index (χ4n) is 2.32. The molecule has 1 aliphatic rings. The van der Waals surface area contributed by atoms with E-state index in [4.69, 9.17) is 21.5 Å². The summed E-state index contributed by atoms with van der Waals surface area (Å²) < 4.78 is 28.1. The molecule has 0 aliphatic carbocycles. The summed E-state index contributed by atoms with van der Waals surface area (Å²) in [6.45, 7) is 3.36. The van der Waals surface area contributed by atoms with Crippen molar-refractivity contribution in [3.63, 3.8) is 0 Å². The van der Waals surface area contributed by atoms with E-state index >= 15 is 0 Å². The number of benzene rings is 1. The topological polar surface area (TPSA) is 87.4 Å². The van der Waals surface area contributed by atoms with Gasteiger partial charge in [0.25, 0.3) is 0 Å². The van der Waals surface area contributed by atoms with Gasteiger partial charge < -0.3 is 9.84 Å². The van der Waals surface area contributed by atoms with Crippen molar-refractivity contribution in [1.29, 1.82) is 0 Å². The van der Waals surface area contributed by atoms with Crippen LogP contribution in [0.15, 0.2) is 18.2 Å². The van der Waals surface area contributed by atoms with E-state index in [1.165, 1.54) is 0 Å². The molecular weight excluding hydrogens is 290 g/mol. The monoisotopic (exact) mass is 304 g/mol. The lowest BCUT2D eigenvalue weighted by atomic mass is 9.82. The highest BCUT2D eigenvalue weighted by atomic mass is 35.5. The van der Waals surface area contributed by atoms with E-state index in [9.17, 15) is 13.5 Å². The van der Waals surface area contributed by atoms with Gasteiger partial charge >= 0.3 is 0 Å². The number of rotatable bonds is 2. The van der Waals surface area contributed by atoms with Crippen LogP contribution in [0, 0.1) is 0 Å².